The Morgan fingerprint density at radius 3 is 2.69 bits per heavy atom. The second kappa shape index (κ2) is 11.1. The van der Waals surface area contributed by atoms with Gasteiger partial charge in [-0.3, -0.25) is 9.59 Å². The van der Waals surface area contributed by atoms with Gasteiger partial charge in [0.25, 0.3) is 5.91 Å². The van der Waals surface area contributed by atoms with Crippen molar-refractivity contribution in [2.24, 2.45) is 23.7 Å². The molecule has 2 rings (SSSR count). The van der Waals surface area contributed by atoms with E-state index in [0.29, 0.717) is 43.5 Å². The number of ether oxygens (including phenoxy) is 1. The summed E-state index contributed by atoms with van der Waals surface area (Å²) in [5.74, 6) is 0.550. The lowest BCUT2D eigenvalue weighted by molar-refractivity contribution is -0.122. The molecule has 0 saturated heterocycles. The molecule has 0 heterocycles. The maximum atomic E-state index is 13.4. The second-order valence-corrected chi connectivity index (χ2v) is 8.18. The van der Waals surface area contributed by atoms with Gasteiger partial charge in [0, 0.05) is 32.2 Å². The third-order valence-electron chi connectivity index (χ3n) is 5.73. The van der Waals surface area contributed by atoms with Crippen molar-refractivity contribution in [3.05, 3.63) is 47.3 Å². The number of methoxy groups -OCH3 is 1. The molecule has 3 unspecified atom stereocenters. The van der Waals surface area contributed by atoms with E-state index in [2.05, 4.69) is 37.5 Å². The molecule has 1 aliphatic carbocycles. The van der Waals surface area contributed by atoms with Crippen LogP contribution in [0, 0.1) is 29.5 Å². The van der Waals surface area contributed by atoms with Crippen LogP contribution in [0.4, 0.5) is 4.39 Å². The summed E-state index contributed by atoms with van der Waals surface area (Å²) in [5.41, 5.74) is 1.52. The molecular formula is C23H33FN2O3. The van der Waals surface area contributed by atoms with Gasteiger partial charge in [-0.1, -0.05) is 31.6 Å². The topological polar surface area (TPSA) is 67.4 Å². The zero-order valence-corrected chi connectivity index (χ0v) is 17.8. The predicted octanol–water partition coefficient (Wildman–Crippen LogP) is 3.56. The lowest BCUT2D eigenvalue weighted by Gasteiger charge is -2.37. The van der Waals surface area contributed by atoms with E-state index >= 15 is 0 Å². The minimum absolute atomic E-state index is 0.0418. The first-order chi connectivity index (χ1) is 13.8. The van der Waals surface area contributed by atoms with Crippen molar-refractivity contribution in [2.45, 2.75) is 33.6 Å². The number of benzene rings is 1. The van der Waals surface area contributed by atoms with Gasteiger partial charge in [-0.2, -0.15) is 0 Å². The van der Waals surface area contributed by atoms with E-state index in [1.165, 1.54) is 23.8 Å². The summed E-state index contributed by atoms with van der Waals surface area (Å²) in [6.07, 6.45) is 3.59. The first-order valence-corrected chi connectivity index (χ1v) is 10.3. The first kappa shape index (κ1) is 23.1. The van der Waals surface area contributed by atoms with Crippen LogP contribution in [-0.2, 0) is 9.53 Å². The Morgan fingerprint density at radius 1 is 1.28 bits per heavy atom. The molecule has 0 radical (unpaired) electrons. The number of allylic oxidation sites excluding steroid dienone is 1. The van der Waals surface area contributed by atoms with E-state index in [1.54, 1.807) is 13.2 Å². The van der Waals surface area contributed by atoms with Gasteiger partial charge in [-0.25, -0.2) is 4.39 Å². The number of nitrogens with one attached hydrogen (secondary N) is 2. The summed E-state index contributed by atoms with van der Waals surface area (Å²) in [7, 11) is 1.61. The Hall–Kier alpha value is -2.21. The van der Waals surface area contributed by atoms with Crippen LogP contribution in [0.25, 0.3) is 0 Å². The van der Waals surface area contributed by atoms with Crippen molar-refractivity contribution in [3.8, 4) is 0 Å². The highest BCUT2D eigenvalue weighted by molar-refractivity contribution is 5.94. The summed E-state index contributed by atoms with van der Waals surface area (Å²) in [5, 5.41) is 5.84. The van der Waals surface area contributed by atoms with Crippen LogP contribution in [0.1, 0.15) is 44.0 Å². The van der Waals surface area contributed by atoms with Crippen LogP contribution in [0.15, 0.2) is 35.9 Å². The molecule has 2 N–H and O–H groups in total. The van der Waals surface area contributed by atoms with Gasteiger partial charge in [0.2, 0.25) is 5.91 Å². The third-order valence-corrected chi connectivity index (χ3v) is 5.73. The Labute approximate surface area is 173 Å². The SMILES string of the molecule is COCCNC(=O)CC1CC(C(C)C)C(CNC(=O)c2cccc(F)c2)C=C1C. The van der Waals surface area contributed by atoms with Crippen LogP contribution >= 0.6 is 0 Å². The van der Waals surface area contributed by atoms with Gasteiger partial charge in [0.05, 0.1) is 6.61 Å². The zero-order chi connectivity index (χ0) is 21.4. The fraction of sp³-hybridized carbons (Fsp3) is 0.565. The van der Waals surface area contributed by atoms with Gasteiger partial charge in [-0.15, -0.1) is 0 Å². The lowest BCUT2D eigenvalue weighted by Crippen LogP contribution is -2.38. The lowest BCUT2D eigenvalue weighted by atomic mass is 9.69. The number of carbonyl (C=O) groups is 2. The maximum absolute atomic E-state index is 13.4. The van der Waals surface area contributed by atoms with Crippen molar-refractivity contribution in [3.63, 3.8) is 0 Å². The number of amides is 2. The van der Waals surface area contributed by atoms with Gasteiger partial charge >= 0.3 is 0 Å². The van der Waals surface area contributed by atoms with Crippen molar-refractivity contribution in [1.82, 2.24) is 10.6 Å². The average Bonchev–Trinajstić information content (AvgIpc) is 2.67. The fourth-order valence-electron chi connectivity index (χ4n) is 4.04. The largest absolute Gasteiger partial charge is 0.383 e. The van der Waals surface area contributed by atoms with E-state index in [9.17, 15) is 14.0 Å². The summed E-state index contributed by atoms with van der Waals surface area (Å²) in [6, 6.07) is 5.71. The highest BCUT2D eigenvalue weighted by atomic mass is 19.1. The molecule has 6 heteroatoms. The predicted molar refractivity (Wildman–Crippen MR) is 112 cm³/mol. The Kier molecular flexibility index (Phi) is 8.83. The minimum atomic E-state index is -0.419. The van der Waals surface area contributed by atoms with Crippen LogP contribution in [0.5, 0.6) is 0 Å². The molecule has 1 aliphatic rings. The average molecular weight is 405 g/mol. The van der Waals surface area contributed by atoms with Gasteiger partial charge in [0.15, 0.2) is 0 Å². The van der Waals surface area contributed by atoms with Crippen molar-refractivity contribution >= 4 is 11.8 Å². The molecule has 1 aromatic carbocycles. The molecular weight excluding hydrogens is 371 g/mol. The highest BCUT2D eigenvalue weighted by Gasteiger charge is 2.32. The normalized spacial score (nSPS) is 21.6. The first-order valence-electron chi connectivity index (χ1n) is 10.3. The standard InChI is InChI=1S/C23H33FN2O3/c1-15(2)21-12-18(13-22(27)25-8-9-29-4)16(3)10-19(21)14-26-23(28)17-6-5-7-20(24)11-17/h5-7,10-11,15,18-19,21H,8-9,12-14H2,1-4H3,(H,25,27)(H,26,28). The molecule has 0 saturated carbocycles. The van der Waals surface area contributed by atoms with Crippen LogP contribution in [0.3, 0.4) is 0 Å². The van der Waals surface area contributed by atoms with E-state index in [-0.39, 0.29) is 23.7 Å². The fourth-order valence-corrected chi connectivity index (χ4v) is 4.04. The molecule has 5 nitrogen and oxygen atoms in total. The molecule has 29 heavy (non-hydrogen) atoms. The zero-order valence-electron chi connectivity index (χ0n) is 17.8. The molecule has 0 aromatic heterocycles. The summed E-state index contributed by atoms with van der Waals surface area (Å²) >= 11 is 0. The van der Waals surface area contributed by atoms with E-state index in [0.717, 1.165) is 6.42 Å². The molecule has 0 bridgehead atoms. The summed E-state index contributed by atoms with van der Waals surface area (Å²) in [6.45, 7) is 7.94. The highest BCUT2D eigenvalue weighted by Crippen LogP contribution is 2.38. The molecule has 1 aromatic rings. The smallest absolute Gasteiger partial charge is 0.251 e. The molecule has 3 atom stereocenters. The van der Waals surface area contributed by atoms with Crippen LogP contribution < -0.4 is 10.6 Å². The van der Waals surface area contributed by atoms with Gasteiger partial charge < -0.3 is 15.4 Å². The number of hydrogen-bond donors (Lipinski definition) is 2. The Balaban J connectivity index is 1.99. The minimum Gasteiger partial charge on any atom is -0.383 e. The van der Waals surface area contributed by atoms with E-state index in [4.69, 9.17) is 4.74 Å². The molecule has 0 aliphatic heterocycles. The van der Waals surface area contributed by atoms with Crippen LogP contribution in [0.2, 0.25) is 0 Å². The monoisotopic (exact) mass is 404 g/mol. The number of halogens is 1. The number of rotatable bonds is 9. The van der Waals surface area contributed by atoms with Gasteiger partial charge in [0.1, 0.15) is 5.82 Å². The number of hydrogen-bond acceptors (Lipinski definition) is 3. The van der Waals surface area contributed by atoms with E-state index in [1.807, 2.05) is 0 Å². The molecule has 2 amide bonds. The van der Waals surface area contributed by atoms with Crippen molar-refractivity contribution < 1.29 is 18.7 Å². The third kappa shape index (κ3) is 6.96. The summed E-state index contributed by atoms with van der Waals surface area (Å²) < 4.78 is 18.3. The number of carbonyl (C=O) groups excluding carboxylic acids is 2. The quantitative estimate of drug-likeness (QED) is 0.488. The Morgan fingerprint density at radius 2 is 2.03 bits per heavy atom. The summed E-state index contributed by atoms with van der Waals surface area (Å²) in [4.78, 5) is 24.6. The Bertz CT molecular complexity index is 733. The molecule has 160 valence electrons. The molecule has 0 spiro atoms. The van der Waals surface area contributed by atoms with E-state index < -0.39 is 5.82 Å². The second-order valence-electron chi connectivity index (χ2n) is 8.18. The van der Waals surface area contributed by atoms with Crippen molar-refractivity contribution in [2.75, 3.05) is 26.8 Å². The maximum Gasteiger partial charge on any atom is 0.251 e. The molecule has 0 fully saturated rings. The van der Waals surface area contributed by atoms with Crippen LogP contribution in [-0.4, -0.2) is 38.6 Å². The van der Waals surface area contributed by atoms with Gasteiger partial charge in [-0.05, 0) is 55.2 Å². The van der Waals surface area contributed by atoms with Crippen molar-refractivity contribution in [1.29, 1.82) is 0 Å².